The molecule has 0 saturated heterocycles. The van der Waals surface area contributed by atoms with E-state index < -0.39 is 0 Å². The van der Waals surface area contributed by atoms with E-state index in [2.05, 4.69) is 87.0 Å². The molecule has 25 heavy (non-hydrogen) atoms. The smallest absolute Gasteiger partial charge is 0.0711 e. The van der Waals surface area contributed by atoms with E-state index in [1.54, 1.807) is 0 Å². The summed E-state index contributed by atoms with van der Waals surface area (Å²) in [5, 5.41) is 2.51. The molecule has 0 fully saturated rings. The third kappa shape index (κ3) is 3.05. The lowest BCUT2D eigenvalue weighted by molar-refractivity contribution is 0.411. The Bertz CT molecular complexity index is 1050. The molecule has 0 aliphatic rings. The minimum absolute atomic E-state index is 0.277. The maximum Gasteiger partial charge on any atom is 0.0711 e. The average molecular weight is 328 g/mol. The predicted molar refractivity (Wildman–Crippen MR) is 106 cm³/mol. The second-order valence-corrected chi connectivity index (χ2v) is 8.16. The Kier molecular flexibility index (Phi) is 3.64. The van der Waals surface area contributed by atoms with Crippen molar-refractivity contribution in [2.24, 2.45) is 5.41 Å². The van der Waals surface area contributed by atoms with Crippen LogP contribution in [0.25, 0.3) is 27.5 Å². The SMILES string of the molecule is Cc1ccc2cn3cccc3cc2c1-c1ccc(CC(C)(C)C)cn1. The summed E-state index contributed by atoms with van der Waals surface area (Å²) in [6, 6.07) is 15.3. The van der Waals surface area contributed by atoms with Gasteiger partial charge in [0.05, 0.1) is 5.69 Å². The van der Waals surface area contributed by atoms with Crippen molar-refractivity contribution in [1.29, 1.82) is 0 Å². The molecule has 1 aromatic carbocycles. The Hall–Kier alpha value is -2.61. The van der Waals surface area contributed by atoms with Crippen molar-refractivity contribution >= 4 is 16.3 Å². The molecule has 4 rings (SSSR count). The molecule has 4 aromatic rings. The molecule has 2 nitrogen and oxygen atoms in total. The Balaban J connectivity index is 1.86. The Morgan fingerprint density at radius 3 is 2.60 bits per heavy atom. The highest BCUT2D eigenvalue weighted by Gasteiger charge is 2.13. The molecule has 0 radical (unpaired) electrons. The zero-order valence-corrected chi connectivity index (χ0v) is 15.4. The van der Waals surface area contributed by atoms with Gasteiger partial charge in [0.15, 0.2) is 0 Å². The van der Waals surface area contributed by atoms with E-state index in [1.165, 1.54) is 33.0 Å². The molecule has 126 valence electrons. The molecule has 0 unspecified atom stereocenters. The number of nitrogens with zero attached hydrogens (tertiary/aromatic N) is 2. The van der Waals surface area contributed by atoms with Crippen LogP contribution in [0.3, 0.4) is 0 Å². The van der Waals surface area contributed by atoms with Gasteiger partial charge in [-0.2, -0.15) is 0 Å². The number of aryl methyl sites for hydroxylation is 1. The summed E-state index contributed by atoms with van der Waals surface area (Å²) in [6.45, 7) is 8.96. The fourth-order valence-electron chi connectivity index (χ4n) is 3.59. The molecule has 0 amide bonds. The van der Waals surface area contributed by atoms with Crippen LogP contribution in [-0.2, 0) is 6.42 Å². The van der Waals surface area contributed by atoms with Gasteiger partial charge in [-0.15, -0.1) is 0 Å². The number of benzene rings is 1. The highest BCUT2D eigenvalue weighted by atomic mass is 14.8. The van der Waals surface area contributed by atoms with Crippen LogP contribution in [0.4, 0.5) is 0 Å². The molecule has 0 aliphatic carbocycles. The van der Waals surface area contributed by atoms with Crippen LogP contribution < -0.4 is 0 Å². The van der Waals surface area contributed by atoms with E-state index in [-0.39, 0.29) is 5.41 Å². The topological polar surface area (TPSA) is 17.3 Å². The van der Waals surface area contributed by atoms with Crippen LogP contribution in [0.1, 0.15) is 31.9 Å². The first kappa shape index (κ1) is 15.9. The lowest BCUT2D eigenvalue weighted by atomic mass is 9.88. The lowest BCUT2D eigenvalue weighted by Gasteiger charge is -2.18. The molecule has 2 heteroatoms. The Morgan fingerprint density at radius 2 is 1.88 bits per heavy atom. The monoisotopic (exact) mass is 328 g/mol. The first-order chi connectivity index (χ1) is 11.9. The number of aromatic nitrogens is 2. The van der Waals surface area contributed by atoms with Gasteiger partial charge in [0.1, 0.15) is 0 Å². The Morgan fingerprint density at radius 1 is 1.04 bits per heavy atom. The Labute approximate surface area is 149 Å². The number of hydrogen-bond donors (Lipinski definition) is 0. The molecule has 0 atom stereocenters. The standard InChI is InChI=1S/C23H24N2/c1-16-7-9-18-15-25-11-5-6-19(25)12-20(18)22(16)21-10-8-17(14-24-21)13-23(2,3)4/h5-12,14-15H,13H2,1-4H3. The second kappa shape index (κ2) is 5.73. The quantitative estimate of drug-likeness (QED) is 0.438. The summed E-state index contributed by atoms with van der Waals surface area (Å²) in [5.41, 5.74) is 6.34. The minimum Gasteiger partial charge on any atom is -0.323 e. The van der Waals surface area contributed by atoms with Gasteiger partial charge in [0, 0.05) is 29.7 Å². The minimum atomic E-state index is 0.277. The zero-order chi connectivity index (χ0) is 17.6. The maximum atomic E-state index is 4.80. The van der Waals surface area contributed by atoms with Crippen molar-refractivity contribution < 1.29 is 0 Å². The molecule has 0 bridgehead atoms. The summed E-state index contributed by atoms with van der Waals surface area (Å²) in [4.78, 5) is 4.80. The van der Waals surface area contributed by atoms with Gasteiger partial charge < -0.3 is 4.40 Å². The highest BCUT2D eigenvalue weighted by molar-refractivity contribution is 5.99. The fourth-order valence-corrected chi connectivity index (χ4v) is 3.59. The number of fused-ring (bicyclic) bond motifs is 2. The van der Waals surface area contributed by atoms with Gasteiger partial charge in [-0.1, -0.05) is 39.0 Å². The van der Waals surface area contributed by atoms with Gasteiger partial charge in [0.2, 0.25) is 0 Å². The van der Waals surface area contributed by atoms with E-state index >= 15 is 0 Å². The third-order valence-corrected chi connectivity index (χ3v) is 4.69. The summed E-state index contributed by atoms with van der Waals surface area (Å²) in [5.74, 6) is 0. The lowest BCUT2D eigenvalue weighted by Crippen LogP contribution is -2.09. The molecule has 0 saturated carbocycles. The van der Waals surface area contributed by atoms with Crippen LogP contribution >= 0.6 is 0 Å². The van der Waals surface area contributed by atoms with Crippen LogP contribution in [0, 0.1) is 12.3 Å². The van der Waals surface area contributed by atoms with Gasteiger partial charge in [-0.25, -0.2) is 0 Å². The molecule has 0 spiro atoms. The predicted octanol–water partition coefficient (Wildman–Crippen LogP) is 6.05. The fraction of sp³-hybridized carbons (Fsp3) is 0.261. The van der Waals surface area contributed by atoms with Crippen molar-refractivity contribution in [3.63, 3.8) is 0 Å². The van der Waals surface area contributed by atoms with Crippen molar-refractivity contribution in [2.45, 2.75) is 34.1 Å². The van der Waals surface area contributed by atoms with Gasteiger partial charge in [0.25, 0.3) is 0 Å². The van der Waals surface area contributed by atoms with Crippen molar-refractivity contribution in [3.8, 4) is 11.3 Å². The van der Waals surface area contributed by atoms with Crippen LogP contribution in [0.2, 0.25) is 0 Å². The van der Waals surface area contributed by atoms with Crippen LogP contribution in [-0.4, -0.2) is 9.38 Å². The zero-order valence-electron chi connectivity index (χ0n) is 15.4. The van der Waals surface area contributed by atoms with Crippen LogP contribution in [0.15, 0.2) is 61.1 Å². The largest absolute Gasteiger partial charge is 0.323 e. The first-order valence-electron chi connectivity index (χ1n) is 8.86. The van der Waals surface area contributed by atoms with Gasteiger partial charge >= 0.3 is 0 Å². The van der Waals surface area contributed by atoms with Crippen molar-refractivity contribution in [1.82, 2.24) is 9.38 Å². The molecular formula is C23H24N2. The van der Waals surface area contributed by atoms with E-state index in [9.17, 15) is 0 Å². The summed E-state index contributed by atoms with van der Waals surface area (Å²) < 4.78 is 2.17. The molecule has 3 heterocycles. The number of hydrogen-bond acceptors (Lipinski definition) is 1. The summed E-state index contributed by atoms with van der Waals surface area (Å²) in [6.07, 6.45) is 7.36. The highest BCUT2D eigenvalue weighted by Crippen LogP contribution is 2.32. The first-order valence-corrected chi connectivity index (χ1v) is 8.86. The second-order valence-electron chi connectivity index (χ2n) is 8.16. The third-order valence-electron chi connectivity index (χ3n) is 4.69. The molecule has 0 aliphatic heterocycles. The van der Waals surface area contributed by atoms with E-state index in [0.29, 0.717) is 0 Å². The average Bonchev–Trinajstić information content (AvgIpc) is 3.00. The van der Waals surface area contributed by atoms with E-state index in [4.69, 9.17) is 4.98 Å². The van der Waals surface area contributed by atoms with E-state index in [0.717, 1.165) is 12.1 Å². The molecular weight excluding hydrogens is 304 g/mol. The number of rotatable bonds is 2. The normalized spacial score (nSPS) is 12.2. The van der Waals surface area contributed by atoms with Crippen LogP contribution in [0.5, 0.6) is 0 Å². The summed E-state index contributed by atoms with van der Waals surface area (Å²) >= 11 is 0. The van der Waals surface area contributed by atoms with Crippen molar-refractivity contribution in [3.05, 3.63) is 72.2 Å². The maximum absolute atomic E-state index is 4.80. The number of pyridine rings is 2. The molecule has 0 N–H and O–H groups in total. The van der Waals surface area contributed by atoms with E-state index in [1.807, 2.05) is 6.20 Å². The van der Waals surface area contributed by atoms with Gasteiger partial charge in [-0.3, -0.25) is 4.98 Å². The van der Waals surface area contributed by atoms with Gasteiger partial charge in [-0.05, 0) is 64.9 Å². The van der Waals surface area contributed by atoms with Crippen molar-refractivity contribution in [2.75, 3.05) is 0 Å². The molecule has 3 aromatic heterocycles. The summed E-state index contributed by atoms with van der Waals surface area (Å²) in [7, 11) is 0.